The van der Waals surface area contributed by atoms with E-state index >= 15 is 0 Å². The summed E-state index contributed by atoms with van der Waals surface area (Å²) in [6.45, 7) is 2.77. The zero-order chi connectivity index (χ0) is 16.1. The molecule has 0 saturated carbocycles. The Labute approximate surface area is 139 Å². The molecule has 1 aromatic heterocycles. The average Bonchev–Trinajstić information content (AvgIpc) is 3.04. The molecular formula is C18H19N3OS. The van der Waals surface area contributed by atoms with E-state index in [2.05, 4.69) is 46.5 Å². The van der Waals surface area contributed by atoms with E-state index in [1.54, 1.807) is 12.4 Å². The van der Waals surface area contributed by atoms with Crippen molar-refractivity contribution in [3.8, 4) is 0 Å². The zero-order valence-electron chi connectivity index (χ0n) is 13.0. The first-order valence-electron chi connectivity index (χ1n) is 7.69. The van der Waals surface area contributed by atoms with Crippen molar-refractivity contribution in [2.75, 3.05) is 12.3 Å². The number of amides is 1. The number of nitrogens with one attached hydrogen (secondary N) is 2. The topological polar surface area (TPSA) is 57.8 Å². The summed E-state index contributed by atoms with van der Waals surface area (Å²) in [6, 6.07) is 14.0. The van der Waals surface area contributed by atoms with Crippen molar-refractivity contribution in [3.05, 3.63) is 59.9 Å². The fourth-order valence-corrected chi connectivity index (χ4v) is 3.08. The van der Waals surface area contributed by atoms with Gasteiger partial charge in [-0.1, -0.05) is 19.1 Å². The number of carbonyl (C=O) groups excluding carboxylic acids is 1. The Morgan fingerprint density at radius 2 is 2.04 bits per heavy atom. The molecule has 23 heavy (non-hydrogen) atoms. The van der Waals surface area contributed by atoms with E-state index in [1.807, 2.05) is 23.9 Å². The van der Waals surface area contributed by atoms with Gasteiger partial charge in [-0.05, 0) is 48.1 Å². The van der Waals surface area contributed by atoms with Gasteiger partial charge in [0.05, 0.1) is 17.4 Å². The molecule has 0 aliphatic carbocycles. The largest absolute Gasteiger partial charge is 0.352 e. The van der Waals surface area contributed by atoms with E-state index in [9.17, 15) is 4.79 Å². The van der Waals surface area contributed by atoms with Gasteiger partial charge in [0.2, 0.25) is 0 Å². The number of thioether (sulfide) groups is 1. The number of fused-ring (bicyclic) bond motifs is 1. The van der Waals surface area contributed by atoms with Gasteiger partial charge in [-0.15, -0.1) is 11.8 Å². The van der Waals surface area contributed by atoms with E-state index in [0.717, 1.165) is 23.2 Å². The highest BCUT2D eigenvalue weighted by Gasteiger charge is 2.07. The summed E-state index contributed by atoms with van der Waals surface area (Å²) < 4.78 is 0. The second kappa shape index (κ2) is 7.33. The van der Waals surface area contributed by atoms with Crippen LogP contribution in [0.2, 0.25) is 0 Å². The Kier molecular flexibility index (Phi) is 4.98. The molecule has 0 bridgehead atoms. The fourth-order valence-electron chi connectivity index (χ4n) is 2.42. The Morgan fingerprint density at radius 1 is 1.22 bits per heavy atom. The van der Waals surface area contributed by atoms with Crippen LogP contribution in [0.3, 0.4) is 0 Å². The number of H-pyrrole nitrogens is 1. The third-order valence-corrected chi connectivity index (χ3v) is 4.51. The van der Waals surface area contributed by atoms with Crippen LogP contribution in [0.5, 0.6) is 0 Å². The van der Waals surface area contributed by atoms with Crippen molar-refractivity contribution in [2.45, 2.75) is 18.2 Å². The van der Waals surface area contributed by atoms with E-state index in [0.29, 0.717) is 12.1 Å². The maximum Gasteiger partial charge on any atom is 0.251 e. The lowest BCUT2D eigenvalue weighted by molar-refractivity contribution is 0.0954. The van der Waals surface area contributed by atoms with Gasteiger partial charge in [0.25, 0.3) is 5.91 Å². The molecule has 0 aliphatic rings. The highest BCUT2D eigenvalue weighted by atomic mass is 32.2. The van der Waals surface area contributed by atoms with Crippen LogP contribution in [-0.4, -0.2) is 28.2 Å². The van der Waals surface area contributed by atoms with Gasteiger partial charge in [-0.3, -0.25) is 4.79 Å². The van der Waals surface area contributed by atoms with Gasteiger partial charge in [-0.25, -0.2) is 4.98 Å². The number of hydrogen-bond acceptors (Lipinski definition) is 3. The molecule has 0 spiro atoms. The van der Waals surface area contributed by atoms with Crippen LogP contribution in [0.15, 0.2) is 53.7 Å². The lowest BCUT2D eigenvalue weighted by Gasteiger charge is -2.06. The number of aromatic amines is 1. The van der Waals surface area contributed by atoms with Crippen LogP contribution < -0.4 is 5.32 Å². The third kappa shape index (κ3) is 3.93. The highest BCUT2D eigenvalue weighted by molar-refractivity contribution is 7.99. The first-order valence-corrected chi connectivity index (χ1v) is 8.68. The van der Waals surface area contributed by atoms with Crippen LogP contribution in [0.1, 0.15) is 22.8 Å². The second-order valence-corrected chi connectivity index (χ2v) is 6.55. The van der Waals surface area contributed by atoms with Crippen molar-refractivity contribution < 1.29 is 4.79 Å². The van der Waals surface area contributed by atoms with Crippen LogP contribution in [0.25, 0.3) is 11.0 Å². The molecule has 2 N–H and O–H groups in total. The molecule has 0 radical (unpaired) electrons. The SMILES string of the molecule is CCSc1ccc(CCNC(=O)c2ccc3nc[nH]c3c2)cc1. The van der Waals surface area contributed by atoms with E-state index in [1.165, 1.54) is 10.5 Å². The minimum Gasteiger partial charge on any atom is -0.352 e. The third-order valence-electron chi connectivity index (χ3n) is 3.62. The summed E-state index contributed by atoms with van der Waals surface area (Å²) in [5, 5.41) is 2.97. The van der Waals surface area contributed by atoms with Crippen molar-refractivity contribution in [3.63, 3.8) is 0 Å². The normalized spacial score (nSPS) is 10.8. The van der Waals surface area contributed by atoms with Gasteiger partial charge in [0, 0.05) is 17.0 Å². The molecule has 3 aromatic rings. The standard InChI is InChI=1S/C18H19N3OS/c1-2-23-15-6-3-13(4-7-15)9-10-19-18(22)14-5-8-16-17(11-14)21-12-20-16/h3-8,11-12H,2,9-10H2,1H3,(H,19,22)(H,20,21). The summed E-state index contributed by atoms with van der Waals surface area (Å²) in [5.41, 5.74) is 3.62. The predicted octanol–water partition coefficient (Wildman–Crippen LogP) is 3.65. The number of nitrogens with zero attached hydrogens (tertiary/aromatic N) is 1. The molecule has 4 nitrogen and oxygen atoms in total. The minimum atomic E-state index is -0.0559. The summed E-state index contributed by atoms with van der Waals surface area (Å²) >= 11 is 1.83. The molecule has 5 heteroatoms. The highest BCUT2D eigenvalue weighted by Crippen LogP contribution is 2.17. The van der Waals surface area contributed by atoms with Crippen LogP contribution in [-0.2, 0) is 6.42 Å². The molecule has 1 amide bonds. The minimum absolute atomic E-state index is 0.0559. The first-order chi connectivity index (χ1) is 11.3. The summed E-state index contributed by atoms with van der Waals surface area (Å²) in [5.74, 6) is 1.02. The van der Waals surface area contributed by atoms with Crippen LogP contribution >= 0.6 is 11.8 Å². The summed E-state index contributed by atoms with van der Waals surface area (Å²) in [6.07, 6.45) is 2.46. The maximum atomic E-state index is 12.2. The average molecular weight is 325 g/mol. The Morgan fingerprint density at radius 3 is 2.83 bits per heavy atom. The smallest absolute Gasteiger partial charge is 0.251 e. The van der Waals surface area contributed by atoms with Crippen molar-refractivity contribution in [1.29, 1.82) is 0 Å². The van der Waals surface area contributed by atoms with Crippen LogP contribution in [0, 0.1) is 0 Å². The molecule has 0 unspecified atom stereocenters. The number of imidazole rings is 1. The molecule has 3 rings (SSSR count). The Bertz CT molecular complexity index is 795. The fraction of sp³-hybridized carbons (Fsp3) is 0.222. The number of benzene rings is 2. The van der Waals surface area contributed by atoms with Gasteiger partial charge in [-0.2, -0.15) is 0 Å². The van der Waals surface area contributed by atoms with Gasteiger partial charge in [0.15, 0.2) is 0 Å². The van der Waals surface area contributed by atoms with Crippen molar-refractivity contribution in [1.82, 2.24) is 15.3 Å². The number of carbonyl (C=O) groups is 1. The van der Waals surface area contributed by atoms with E-state index < -0.39 is 0 Å². The molecule has 0 saturated heterocycles. The Hall–Kier alpha value is -2.27. The van der Waals surface area contributed by atoms with Gasteiger partial charge >= 0.3 is 0 Å². The van der Waals surface area contributed by atoms with Crippen molar-refractivity contribution >= 4 is 28.7 Å². The number of aromatic nitrogens is 2. The van der Waals surface area contributed by atoms with Crippen LogP contribution in [0.4, 0.5) is 0 Å². The monoisotopic (exact) mass is 325 g/mol. The molecule has 118 valence electrons. The first kappa shape index (κ1) is 15.6. The molecule has 2 aromatic carbocycles. The lowest BCUT2D eigenvalue weighted by Crippen LogP contribution is -2.25. The van der Waals surface area contributed by atoms with Gasteiger partial charge < -0.3 is 10.3 Å². The molecule has 1 heterocycles. The Balaban J connectivity index is 1.54. The van der Waals surface area contributed by atoms with E-state index in [-0.39, 0.29) is 5.91 Å². The van der Waals surface area contributed by atoms with Gasteiger partial charge in [0.1, 0.15) is 0 Å². The maximum absolute atomic E-state index is 12.2. The molecule has 0 atom stereocenters. The second-order valence-electron chi connectivity index (χ2n) is 5.22. The molecule has 0 aliphatic heterocycles. The lowest BCUT2D eigenvalue weighted by atomic mass is 10.1. The zero-order valence-corrected chi connectivity index (χ0v) is 13.8. The molecular weight excluding hydrogens is 306 g/mol. The van der Waals surface area contributed by atoms with E-state index in [4.69, 9.17) is 0 Å². The summed E-state index contributed by atoms with van der Waals surface area (Å²) in [7, 11) is 0. The summed E-state index contributed by atoms with van der Waals surface area (Å²) in [4.78, 5) is 20.6. The number of hydrogen-bond donors (Lipinski definition) is 2. The number of rotatable bonds is 6. The predicted molar refractivity (Wildman–Crippen MR) is 95.0 cm³/mol. The molecule has 0 fully saturated rings. The van der Waals surface area contributed by atoms with Crippen molar-refractivity contribution in [2.24, 2.45) is 0 Å². The quantitative estimate of drug-likeness (QED) is 0.680.